The molecular weight excluding hydrogens is 588 g/mol. The smallest absolute Gasteiger partial charge is 0.233 e. The number of aliphatic hydroxyl groups is 7. The van der Waals surface area contributed by atoms with E-state index in [0.717, 1.165) is 13.5 Å². The van der Waals surface area contributed by atoms with Crippen LogP contribution in [0.25, 0.3) is 0 Å². The van der Waals surface area contributed by atoms with Crippen LogP contribution in [0.3, 0.4) is 0 Å². The minimum atomic E-state index is -1.12. The summed E-state index contributed by atoms with van der Waals surface area (Å²) in [5, 5.41) is 78.5. The highest BCUT2D eigenvalue weighted by Crippen LogP contribution is 2.27. The maximum Gasteiger partial charge on any atom is 0.233 e. The number of hydrogen-bond donors (Lipinski definition) is 13. The van der Waals surface area contributed by atoms with Crippen molar-refractivity contribution < 1.29 is 60.0 Å². The molecule has 9 unspecified atom stereocenters. The summed E-state index contributed by atoms with van der Waals surface area (Å²) in [5.41, 5.74) is 16.5. The Morgan fingerprint density at radius 1 is 1.00 bits per heavy atom. The van der Waals surface area contributed by atoms with Gasteiger partial charge in [-0.3, -0.25) is 10.0 Å². The third-order valence-corrected chi connectivity index (χ3v) is 6.98. The maximum absolute atomic E-state index is 10.3. The first-order valence-corrected chi connectivity index (χ1v) is 14.8. The first-order valence-electron chi connectivity index (χ1n) is 14.8. The molecule has 0 aromatic rings. The number of ether oxygens (including phenoxy) is 3. The fourth-order valence-corrected chi connectivity index (χ4v) is 4.71. The Morgan fingerprint density at radius 2 is 1.68 bits per heavy atom. The van der Waals surface area contributed by atoms with E-state index in [-0.39, 0.29) is 44.3 Å². The summed E-state index contributed by atoms with van der Waals surface area (Å²) in [5.74, 6) is 0. The first-order chi connectivity index (χ1) is 20.9. The van der Waals surface area contributed by atoms with Gasteiger partial charge in [0, 0.05) is 58.1 Å². The molecule has 16 N–H and O–H groups in total. The van der Waals surface area contributed by atoms with Gasteiger partial charge in [0.15, 0.2) is 12.6 Å². The van der Waals surface area contributed by atoms with Crippen LogP contribution >= 0.6 is 0 Å². The number of carbonyl (C=O) groups is 1. The third kappa shape index (κ3) is 18.1. The van der Waals surface area contributed by atoms with Gasteiger partial charge < -0.3 is 77.8 Å². The average molecular weight is 647 g/mol. The summed E-state index contributed by atoms with van der Waals surface area (Å²) in [6.45, 7) is 1.96. The Kier molecular flexibility index (Phi) is 24.3. The van der Waals surface area contributed by atoms with Gasteiger partial charge in [-0.25, -0.2) is 5.06 Å². The van der Waals surface area contributed by atoms with Gasteiger partial charge in [-0.05, 0) is 32.9 Å². The Bertz CT molecular complexity index is 696. The largest absolute Gasteiger partial charge is 0.400 e. The maximum atomic E-state index is 10.3. The number of amides is 1. The third-order valence-electron chi connectivity index (χ3n) is 6.98. The Labute approximate surface area is 259 Å². The highest BCUT2D eigenvalue weighted by molar-refractivity contribution is 5.44. The van der Waals surface area contributed by atoms with Crippen LogP contribution in [-0.2, 0) is 19.0 Å². The number of aliphatic hydroxyl groups excluding tert-OH is 7. The molecule has 2 aliphatic heterocycles. The Morgan fingerprint density at radius 3 is 2.18 bits per heavy atom. The van der Waals surface area contributed by atoms with Gasteiger partial charge in [0.2, 0.25) is 6.41 Å². The SMILES string of the molecule is CNC1CC(N)[C@@H](O[C@@H]2CC(O)CC(CNCC(O)CCN)O2)C(O)C1.CO.NCCN(O)C=O.OC1COC(O)C(O)C1. The van der Waals surface area contributed by atoms with E-state index >= 15 is 0 Å². The van der Waals surface area contributed by atoms with Crippen molar-refractivity contribution in [3.63, 3.8) is 0 Å². The number of carbonyl (C=O) groups excluding carboxylic acids is 1. The van der Waals surface area contributed by atoms with Crippen LogP contribution in [0.1, 0.15) is 38.5 Å². The first kappa shape index (κ1) is 42.8. The van der Waals surface area contributed by atoms with Gasteiger partial charge in [0.1, 0.15) is 12.2 Å². The van der Waals surface area contributed by atoms with Crippen LogP contribution in [0.2, 0.25) is 0 Å². The lowest BCUT2D eigenvalue weighted by Crippen LogP contribution is -2.56. The van der Waals surface area contributed by atoms with Crippen molar-refractivity contribution in [1.82, 2.24) is 15.7 Å². The van der Waals surface area contributed by atoms with Crippen molar-refractivity contribution in [2.75, 3.05) is 53.5 Å². The van der Waals surface area contributed by atoms with E-state index in [4.69, 9.17) is 52.3 Å². The minimum Gasteiger partial charge on any atom is -0.400 e. The Hall–Kier alpha value is -1.17. The van der Waals surface area contributed by atoms with Crippen molar-refractivity contribution in [2.45, 2.75) is 106 Å². The highest BCUT2D eigenvalue weighted by Gasteiger charge is 2.39. The van der Waals surface area contributed by atoms with E-state index in [1.807, 2.05) is 7.05 Å². The van der Waals surface area contributed by atoms with Crippen LogP contribution in [0.15, 0.2) is 0 Å². The molecular formula is C26H58N6O12. The van der Waals surface area contributed by atoms with E-state index in [1.165, 1.54) is 0 Å². The number of hydroxylamine groups is 2. The molecule has 1 aliphatic carbocycles. The second kappa shape index (κ2) is 25.0. The van der Waals surface area contributed by atoms with E-state index in [2.05, 4.69) is 15.4 Å². The fraction of sp³-hybridized carbons (Fsp3) is 0.962. The van der Waals surface area contributed by atoms with Crippen LogP contribution in [0, 0.1) is 0 Å². The lowest BCUT2D eigenvalue weighted by molar-refractivity contribution is -0.251. The predicted octanol–water partition coefficient (Wildman–Crippen LogP) is -5.55. The molecule has 0 spiro atoms. The molecule has 264 valence electrons. The number of nitrogens with zero attached hydrogens (tertiary/aromatic N) is 1. The van der Waals surface area contributed by atoms with Gasteiger partial charge in [0.25, 0.3) is 0 Å². The summed E-state index contributed by atoms with van der Waals surface area (Å²) >= 11 is 0. The lowest BCUT2D eigenvalue weighted by Gasteiger charge is -2.41. The van der Waals surface area contributed by atoms with E-state index in [1.54, 1.807) is 0 Å². The molecule has 0 bridgehead atoms. The van der Waals surface area contributed by atoms with E-state index < -0.39 is 49.2 Å². The molecule has 3 fully saturated rings. The molecule has 2 heterocycles. The molecule has 1 amide bonds. The molecule has 44 heavy (non-hydrogen) atoms. The van der Waals surface area contributed by atoms with Crippen LogP contribution < -0.4 is 27.8 Å². The van der Waals surface area contributed by atoms with Gasteiger partial charge >= 0.3 is 0 Å². The van der Waals surface area contributed by atoms with Crippen molar-refractivity contribution in [1.29, 1.82) is 0 Å². The number of hydrogen-bond acceptors (Lipinski definition) is 17. The normalized spacial score (nSPS) is 34.1. The summed E-state index contributed by atoms with van der Waals surface area (Å²) in [6.07, 6.45) is -2.50. The molecule has 18 nitrogen and oxygen atoms in total. The van der Waals surface area contributed by atoms with E-state index in [9.17, 15) is 20.1 Å². The van der Waals surface area contributed by atoms with Gasteiger partial charge in [-0.15, -0.1) is 0 Å². The summed E-state index contributed by atoms with van der Waals surface area (Å²) in [4.78, 5) is 9.52. The molecule has 3 rings (SSSR count). The molecule has 2 saturated heterocycles. The van der Waals surface area contributed by atoms with Crippen molar-refractivity contribution >= 4 is 6.41 Å². The minimum absolute atomic E-state index is 0.109. The summed E-state index contributed by atoms with van der Waals surface area (Å²) in [7, 11) is 2.86. The number of rotatable bonds is 12. The van der Waals surface area contributed by atoms with Gasteiger partial charge in [-0.1, -0.05) is 0 Å². The molecule has 11 atom stereocenters. The molecule has 0 aromatic heterocycles. The monoisotopic (exact) mass is 646 g/mol. The zero-order valence-electron chi connectivity index (χ0n) is 25.8. The molecule has 0 radical (unpaired) electrons. The van der Waals surface area contributed by atoms with E-state index in [0.29, 0.717) is 56.8 Å². The molecule has 0 aromatic carbocycles. The molecule has 18 heteroatoms. The second-order valence-corrected chi connectivity index (χ2v) is 10.7. The standard InChI is InChI=1S/C17H36N4O5.C5H10O4.C3H8N2O2.CH4O/c1-20-10-4-14(19)17(15(24)5-10)26-16-7-12(23)6-13(25-16)9-21-8-11(22)2-3-18;6-3-1-4(7)5(8)9-2-3;4-1-2-5(7)3-6;1-2/h10-17,20-24H,2-9,18-19H2,1H3;3-8H,1-2H2;3,7H,1-2,4H2;2H,1H3/t10?,11?,12?,13?,14?,15?,16-,17-;;;/m1.../s1. The van der Waals surface area contributed by atoms with Crippen molar-refractivity contribution in [3.8, 4) is 0 Å². The average Bonchev–Trinajstić information content (AvgIpc) is 2.98. The predicted molar refractivity (Wildman–Crippen MR) is 158 cm³/mol. The van der Waals surface area contributed by atoms with Crippen molar-refractivity contribution in [3.05, 3.63) is 0 Å². The van der Waals surface area contributed by atoms with Gasteiger partial charge in [-0.2, -0.15) is 0 Å². The Balaban J connectivity index is 0.000000836. The summed E-state index contributed by atoms with van der Waals surface area (Å²) < 4.78 is 16.4. The van der Waals surface area contributed by atoms with Crippen LogP contribution in [-0.4, -0.2) is 173 Å². The molecule has 1 saturated carbocycles. The van der Waals surface area contributed by atoms with Crippen LogP contribution in [0.4, 0.5) is 0 Å². The number of nitrogens with one attached hydrogen (secondary N) is 2. The second-order valence-electron chi connectivity index (χ2n) is 10.7. The molecule has 3 aliphatic rings. The lowest BCUT2D eigenvalue weighted by atomic mass is 9.86. The topological polar surface area (TPSA) is 312 Å². The van der Waals surface area contributed by atoms with Crippen molar-refractivity contribution in [2.24, 2.45) is 17.2 Å². The quantitative estimate of drug-likeness (QED) is 0.0534. The van der Waals surface area contributed by atoms with Gasteiger partial charge in [0.05, 0.1) is 43.7 Å². The van der Waals surface area contributed by atoms with Crippen LogP contribution in [0.5, 0.6) is 0 Å². The zero-order valence-corrected chi connectivity index (χ0v) is 25.8. The summed E-state index contributed by atoms with van der Waals surface area (Å²) in [6, 6.07) is -0.114. The highest BCUT2D eigenvalue weighted by atomic mass is 16.7. The fourth-order valence-electron chi connectivity index (χ4n) is 4.71. The zero-order chi connectivity index (χ0) is 33.7. The number of nitrogens with two attached hydrogens (primary N) is 3.